The van der Waals surface area contributed by atoms with Gasteiger partial charge in [0.1, 0.15) is 0 Å². The topological polar surface area (TPSA) is 23.6 Å². The molecule has 0 N–H and O–H groups in total. The third-order valence-corrected chi connectivity index (χ3v) is 5.74. The first-order valence-corrected chi connectivity index (χ1v) is 9.93. The molecule has 1 amide bonds. The van der Waals surface area contributed by atoms with Gasteiger partial charge in [-0.3, -0.25) is 9.69 Å². The van der Waals surface area contributed by atoms with E-state index in [1.165, 1.54) is 30.5 Å². The molecule has 2 aromatic rings. The predicted molar refractivity (Wildman–Crippen MR) is 106 cm³/mol. The van der Waals surface area contributed by atoms with Crippen LogP contribution in [0, 0.1) is 5.92 Å². The molecular weight excluding hydrogens is 320 g/mol. The zero-order valence-electron chi connectivity index (χ0n) is 15.6. The van der Waals surface area contributed by atoms with Gasteiger partial charge in [0.25, 0.3) is 0 Å². The lowest BCUT2D eigenvalue weighted by Crippen LogP contribution is -2.44. The van der Waals surface area contributed by atoms with Crippen LogP contribution in [0.2, 0.25) is 0 Å². The summed E-state index contributed by atoms with van der Waals surface area (Å²) in [4.78, 5) is 17.4. The van der Waals surface area contributed by atoms with E-state index < -0.39 is 0 Å². The minimum absolute atomic E-state index is 0.200. The molecule has 1 aliphatic heterocycles. The number of hydrogen-bond acceptors (Lipinski definition) is 2. The van der Waals surface area contributed by atoms with Crippen LogP contribution in [0.3, 0.4) is 0 Å². The van der Waals surface area contributed by atoms with Crippen LogP contribution >= 0.6 is 0 Å². The molecule has 3 nitrogen and oxygen atoms in total. The van der Waals surface area contributed by atoms with Crippen LogP contribution in [0.4, 0.5) is 5.69 Å². The fourth-order valence-corrected chi connectivity index (χ4v) is 4.09. The number of hydrogen-bond donors (Lipinski definition) is 0. The van der Waals surface area contributed by atoms with Gasteiger partial charge in [-0.1, -0.05) is 49.4 Å². The van der Waals surface area contributed by atoms with E-state index in [9.17, 15) is 4.79 Å². The van der Waals surface area contributed by atoms with Gasteiger partial charge in [0.15, 0.2) is 0 Å². The molecule has 3 heteroatoms. The highest BCUT2D eigenvalue weighted by molar-refractivity contribution is 5.93. The van der Waals surface area contributed by atoms with Gasteiger partial charge in [0.2, 0.25) is 5.91 Å². The van der Waals surface area contributed by atoms with Crippen molar-refractivity contribution in [1.82, 2.24) is 4.90 Å². The lowest BCUT2D eigenvalue weighted by molar-refractivity contribution is -0.118. The summed E-state index contributed by atoms with van der Waals surface area (Å²) in [6, 6.07) is 19.2. The summed E-state index contributed by atoms with van der Waals surface area (Å²) in [6.45, 7) is 4.96. The Morgan fingerprint density at radius 3 is 2.54 bits per heavy atom. The normalized spacial score (nSPS) is 19.8. The molecule has 1 fully saturated rings. The lowest BCUT2D eigenvalue weighted by atomic mass is 9.91. The van der Waals surface area contributed by atoms with E-state index in [1.54, 1.807) is 0 Å². The Bertz CT molecular complexity index is 754. The fraction of sp³-hybridized carbons (Fsp3) is 0.435. The standard InChI is InChI=1S/C23H28N2O/c1-2-23(26)25(20-9-4-3-5-10-20)17-22-21-11-7-6-8-19(21)14-15-24(22)16-18-12-13-18/h3-11,18,22H,2,12-17H2,1H3. The van der Waals surface area contributed by atoms with Crippen molar-refractivity contribution in [2.45, 2.75) is 38.6 Å². The molecule has 0 radical (unpaired) electrons. The minimum atomic E-state index is 0.200. The maximum absolute atomic E-state index is 12.7. The summed E-state index contributed by atoms with van der Waals surface area (Å²) < 4.78 is 0. The molecule has 0 saturated heterocycles. The maximum Gasteiger partial charge on any atom is 0.226 e. The summed E-state index contributed by atoms with van der Waals surface area (Å²) in [5, 5.41) is 0. The van der Waals surface area contributed by atoms with Crippen molar-refractivity contribution in [3.05, 3.63) is 65.7 Å². The number of nitrogens with zero attached hydrogens (tertiary/aromatic N) is 2. The molecule has 1 aliphatic carbocycles. The van der Waals surface area contributed by atoms with Crippen molar-refractivity contribution in [3.63, 3.8) is 0 Å². The molecule has 4 rings (SSSR count). The van der Waals surface area contributed by atoms with E-state index in [-0.39, 0.29) is 11.9 Å². The average Bonchev–Trinajstić information content (AvgIpc) is 3.51. The zero-order chi connectivity index (χ0) is 17.9. The number of benzene rings is 2. The van der Waals surface area contributed by atoms with Crippen LogP contribution in [0.15, 0.2) is 54.6 Å². The number of anilines is 1. The van der Waals surface area contributed by atoms with Crippen molar-refractivity contribution < 1.29 is 4.79 Å². The van der Waals surface area contributed by atoms with Gasteiger partial charge >= 0.3 is 0 Å². The Morgan fingerprint density at radius 1 is 1.08 bits per heavy atom. The molecule has 2 aromatic carbocycles. The number of carbonyl (C=O) groups excluding carboxylic acids is 1. The Morgan fingerprint density at radius 2 is 1.81 bits per heavy atom. The summed E-state index contributed by atoms with van der Waals surface area (Å²) in [5.74, 6) is 1.06. The van der Waals surface area contributed by atoms with Crippen LogP contribution in [0.25, 0.3) is 0 Å². The van der Waals surface area contributed by atoms with Gasteiger partial charge < -0.3 is 4.90 Å². The summed E-state index contributed by atoms with van der Waals surface area (Å²) >= 11 is 0. The molecule has 1 heterocycles. The predicted octanol–water partition coefficient (Wildman–Crippen LogP) is 4.44. The van der Waals surface area contributed by atoms with Crippen molar-refractivity contribution in [1.29, 1.82) is 0 Å². The van der Waals surface area contributed by atoms with E-state index in [4.69, 9.17) is 0 Å². The van der Waals surface area contributed by atoms with Gasteiger partial charge in [-0.05, 0) is 48.4 Å². The molecule has 0 bridgehead atoms. The van der Waals surface area contributed by atoms with Crippen LogP contribution in [0.5, 0.6) is 0 Å². The van der Waals surface area contributed by atoms with Crippen molar-refractivity contribution in [3.8, 4) is 0 Å². The van der Waals surface area contributed by atoms with Gasteiger partial charge in [0.05, 0.1) is 6.04 Å². The van der Waals surface area contributed by atoms with E-state index in [0.717, 1.165) is 31.1 Å². The van der Waals surface area contributed by atoms with E-state index in [0.29, 0.717) is 6.42 Å². The Hall–Kier alpha value is -2.13. The summed E-state index contributed by atoms with van der Waals surface area (Å²) in [5.41, 5.74) is 3.86. The molecule has 0 spiro atoms. The molecule has 26 heavy (non-hydrogen) atoms. The monoisotopic (exact) mass is 348 g/mol. The first kappa shape index (κ1) is 17.3. The second kappa shape index (κ2) is 7.63. The van der Waals surface area contributed by atoms with Crippen LogP contribution in [0.1, 0.15) is 43.4 Å². The van der Waals surface area contributed by atoms with E-state index in [1.807, 2.05) is 42.2 Å². The summed E-state index contributed by atoms with van der Waals surface area (Å²) in [6.07, 6.45) is 4.38. The maximum atomic E-state index is 12.7. The van der Waals surface area contributed by atoms with Crippen LogP contribution in [-0.2, 0) is 11.2 Å². The molecule has 1 saturated carbocycles. The third kappa shape index (κ3) is 3.68. The van der Waals surface area contributed by atoms with Gasteiger partial charge in [-0.15, -0.1) is 0 Å². The summed E-state index contributed by atoms with van der Waals surface area (Å²) in [7, 11) is 0. The number of rotatable bonds is 6. The lowest BCUT2D eigenvalue weighted by Gasteiger charge is -2.40. The third-order valence-electron chi connectivity index (χ3n) is 5.74. The number of fused-ring (bicyclic) bond motifs is 1. The van der Waals surface area contributed by atoms with Gasteiger partial charge in [-0.2, -0.15) is 0 Å². The number of para-hydroxylation sites is 1. The van der Waals surface area contributed by atoms with Gasteiger partial charge in [-0.25, -0.2) is 0 Å². The van der Waals surface area contributed by atoms with Crippen molar-refractivity contribution in [2.24, 2.45) is 5.92 Å². The number of amides is 1. The first-order valence-electron chi connectivity index (χ1n) is 9.93. The molecule has 1 atom stereocenters. The number of carbonyl (C=O) groups is 1. The smallest absolute Gasteiger partial charge is 0.226 e. The van der Waals surface area contributed by atoms with Crippen molar-refractivity contribution in [2.75, 3.05) is 24.5 Å². The second-order valence-electron chi connectivity index (χ2n) is 7.60. The highest BCUT2D eigenvalue weighted by Crippen LogP contribution is 2.37. The van der Waals surface area contributed by atoms with Crippen molar-refractivity contribution >= 4 is 11.6 Å². The van der Waals surface area contributed by atoms with Crippen LogP contribution < -0.4 is 4.90 Å². The Kier molecular flexibility index (Phi) is 5.07. The molecule has 2 aliphatic rings. The molecule has 1 unspecified atom stereocenters. The Labute approximate surface area is 156 Å². The van der Waals surface area contributed by atoms with E-state index >= 15 is 0 Å². The fourth-order valence-electron chi connectivity index (χ4n) is 4.09. The quantitative estimate of drug-likeness (QED) is 0.770. The largest absolute Gasteiger partial charge is 0.311 e. The SMILES string of the molecule is CCC(=O)N(CC1c2ccccc2CCN1CC1CC1)c1ccccc1. The average molecular weight is 348 g/mol. The second-order valence-corrected chi connectivity index (χ2v) is 7.60. The highest BCUT2D eigenvalue weighted by Gasteiger charge is 2.34. The van der Waals surface area contributed by atoms with Gasteiger partial charge in [0, 0.05) is 31.7 Å². The molecular formula is C23H28N2O. The first-order chi connectivity index (χ1) is 12.8. The highest BCUT2D eigenvalue weighted by atomic mass is 16.2. The Balaban J connectivity index is 1.65. The van der Waals surface area contributed by atoms with Crippen LogP contribution in [-0.4, -0.2) is 30.4 Å². The minimum Gasteiger partial charge on any atom is -0.311 e. The molecule has 136 valence electrons. The van der Waals surface area contributed by atoms with E-state index in [2.05, 4.69) is 29.2 Å². The zero-order valence-corrected chi connectivity index (χ0v) is 15.6. The molecule has 0 aromatic heterocycles.